The minimum absolute atomic E-state index is 0.0599. The lowest BCUT2D eigenvalue weighted by Gasteiger charge is -2.10. The maximum absolute atomic E-state index is 6.05. The van der Waals surface area contributed by atoms with Crippen molar-refractivity contribution in [3.05, 3.63) is 34.3 Å². The fourth-order valence-corrected chi connectivity index (χ4v) is 1.74. The second kappa shape index (κ2) is 2.48. The molecule has 1 aromatic rings. The Kier molecular flexibility index (Phi) is 1.67. The number of hydrogen-bond acceptors (Lipinski definition) is 1. The van der Waals surface area contributed by atoms with E-state index in [4.69, 9.17) is 17.3 Å². The molecule has 0 radical (unpaired) electrons. The van der Waals surface area contributed by atoms with Crippen molar-refractivity contribution in [1.29, 1.82) is 0 Å². The Morgan fingerprint density at radius 2 is 2.00 bits per heavy atom. The monoisotopic (exact) mass is 181 g/mol. The predicted molar refractivity (Wildman–Crippen MR) is 51.3 cm³/mol. The molecule has 0 aromatic heterocycles. The van der Waals surface area contributed by atoms with Gasteiger partial charge in [-0.15, -0.1) is 0 Å². The normalized spacial score (nSPS) is 19.2. The molecule has 0 heterocycles. The molecule has 2 rings (SSSR count). The van der Waals surface area contributed by atoms with Crippen molar-refractivity contribution in [1.82, 2.24) is 0 Å². The fraction of sp³-hybridized carbons (Fsp3) is 0.400. The van der Waals surface area contributed by atoms with Crippen LogP contribution in [-0.4, -0.2) is 0 Å². The second-order valence-corrected chi connectivity index (χ2v) is 4.11. The van der Waals surface area contributed by atoms with Crippen molar-refractivity contribution in [2.24, 2.45) is 5.73 Å². The summed E-state index contributed by atoms with van der Waals surface area (Å²) < 4.78 is 0. The summed E-state index contributed by atoms with van der Waals surface area (Å²) in [5.41, 5.74) is 8.36. The van der Waals surface area contributed by atoms with Gasteiger partial charge in [-0.05, 0) is 43.0 Å². The first-order chi connectivity index (χ1) is 5.60. The molecule has 64 valence electrons. The summed E-state index contributed by atoms with van der Waals surface area (Å²) in [6.07, 6.45) is 2.18. The Hall–Kier alpha value is -0.530. The molecule has 1 saturated carbocycles. The van der Waals surface area contributed by atoms with Gasteiger partial charge in [0, 0.05) is 10.6 Å². The molecule has 12 heavy (non-hydrogen) atoms. The van der Waals surface area contributed by atoms with Crippen LogP contribution in [0, 0.1) is 6.92 Å². The summed E-state index contributed by atoms with van der Waals surface area (Å²) in [5.74, 6) is 0. The summed E-state index contributed by atoms with van der Waals surface area (Å²) in [5, 5.41) is 0.793. The largest absolute Gasteiger partial charge is 0.321 e. The van der Waals surface area contributed by atoms with Gasteiger partial charge in [-0.1, -0.05) is 17.7 Å². The van der Waals surface area contributed by atoms with E-state index < -0.39 is 0 Å². The number of nitrogens with two attached hydrogens (primary N) is 1. The molecular formula is C10H12ClN. The maximum atomic E-state index is 6.05. The van der Waals surface area contributed by atoms with E-state index in [0.29, 0.717) is 0 Å². The topological polar surface area (TPSA) is 26.0 Å². The third-order valence-electron chi connectivity index (χ3n) is 2.41. The van der Waals surface area contributed by atoms with E-state index >= 15 is 0 Å². The highest BCUT2D eigenvalue weighted by Gasteiger charge is 2.40. The van der Waals surface area contributed by atoms with E-state index in [2.05, 4.69) is 6.07 Å². The van der Waals surface area contributed by atoms with Gasteiger partial charge in [-0.25, -0.2) is 0 Å². The summed E-state index contributed by atoms with van der Waals surface area (Å²) in [6.45, 7) is 2.04. The van der Waals surface area contributed by atoms with Gasteiger partial charge in [-0.2, -0.15) is 0 Å². The molecule has 0 aliphatic heterocycles. The van der Waals surface area contributed by atoms with Gasteiger partial charge in [-0.3, -0.25) is 0 Å². The van der Waals surface area contributed by atoms with E-state index in [0.717, 1.165) is 17.9 Å². The number of hydrogen-bond donors (Lipinski definition) is 1. The van der Waals surface area contributed by atoms with Crippen LogP contribution in [0.25, 0.3) is 0 Å². The zero-order valence-corrected chi connectivity index (χ0v) is 7.86. The third-order valence-corrected chi connectivity index (χ3v) is 2.62. The van der Waals surface area contributed by atoms with Gasteiger partial charge in [0.2, 0.25) is 0 Å². The zero-order chi connectivity index (χ0) is 8.77. The molecule has 1 aliphatic carbocycles. The molecule has 2 N–H and O–H groups in total. The average Bonchev–Trinajstić information content (AvgIpc) is 2.67. The van der Waals surface area contributed by atoms with Gasteiger partial charge in [0.1, 0.15) is 0 Å². The summed E-state index contributed by atoms with van der Waals surface area (Å²) >= 11 is 5.93. The van der Waals surface area contributed by atoms with E-state index in [-0.39, 0.29) is 5.54 Å². The highest BCUT2D eigenvalue weighted by Crippen LogP contribution is 2.43. The highest BCUT2D eigenvalue weighted by molar-refractivity contribution is 6.30. The van der Waals surface area contributed by atoms with Gasteiger partial charge < -0.3 is 5.73 Å². The first-order valence-corrected chi connectivity index (χ1v) is 4.54. The van der Waals surface area contributed by atoms with Crippen LogP contribution in [0.5, 0.6) is 0 Å². The summed E-state index contributed by atoms with van der Waals surface area (Å²) in [6, 6.07) is 6.05. The van der Waals surface area contributed by atoms with E-state index in [9.17, 15) is 0 Å². The second-order valence-electron chi connectivity index (χ2n) is 3.67. The van der Waals surface area contributed by atoms with Crippen LogP contribution in [0.15, 0.2) is 18.2 Å². The molecule has 1 aromatic carbocycles. The smallest absolute Gasteiger partial charge is 0.0412 e. The van der Waals surface area contributed by atoms with Crippen molar-refractivity contribution < 1.29 is 0 Å². The van der Waals surface area contributed by atoms with Crippen molar-refractivity contribution in [2.45, 2.75) is 25.3 Å². The zero-order valence-electron chi connectivity index (χ0n) is 7.10. The Morgan fingerprint density at radius 1 is 1.33 bits per heavy atom. The SMILES string of the molecule is Cc1cc(Cl)cc(C2(N)CC2)c1. The average molecular weight is 182 g/mol. The molecule has 1 nitrogen and oxygen atoms in total. The van der Waals surface area contributed by atoms with Crippen LogP contribution in [0.2, 0.25) is 5.02 Å². The number of rotatable bonds is 1. The molecule has 0 bridgehead atoms. The lowest BCUT2D eigenvalue weighted by Crippen LogP contribution is -2.18. The fourth-order valence-electron chi connectivity index (χ4n) is 1.45. The third kappa shape index (κ3) is 1.35. The van der Waals surface area contributed by atoms with Crippen LogP contribution in [0.1, 0.15) is 24.0 Å². The standard InChI is InChI=1S/C10H12ClN/c1-7-4-8(6-9(11)5-7)10(12)2-3-10/h4-6H,2-3,12H2,1H3. The van der Waals surface area contributed by atoms with Crippen molar-refractivity contribution >= 4 is 11.6 Å². The molecule has 0 amide bonds. The van der Waals surface area contributed by atoms with Gasteiger partial charge in [0.25, 0.3) is 0 Å². The number of halogens is 1. The van der Waals surface area contributed by atoms with Gasteiger partial charge in [0.05, 0.1) is 0 Å². The minimum Gasteiger partial charge on any atom is -0.321 e. The molecule has 1 aliphatic rings. The first kappa shape index (κ1) is 8.09. The quantitative estimate of drug-likeness (QED) is 0.708. The molecule has 2 heteroatoms. The first-order valence-electron chi connectivity index (χ1n) is 4.17. The van der Waals surface area contributed by atoms with Crippen LogP contribution in [-0.2, 0) is 5.54 Å². The van der Waals surface area contributed by atoms with Crippen LogP contribution < -0.4 is 5.73 Å². The lowest BCUT2D eigenvalue weighted by atomic mass is 10.0. The number of benzene rings is 1. The van der Waals surface area contributed by atoms with Crippen molar-refractivity contribution in [3.8, 4) is 0 Å². The van der Waals surface area contributed by atoms with E-state index in [1.807, 2.05) is 19.1 Å². The van der Waals surface area contributed by atoms with Crippen LogP contribution in [0.3, 0.4) is 0 Å². The molecule has 0 unspecified atom stereocenters. The predicted octanol–water partition coefficient (Wildman–Crippen LogP) is 2.60. The Balaban J connectivity index is 2.44. The molecule has 1 fully saturated rings. The van der Waals surface area contributed by atoms with Crippen molar-refractivity contribution in [3.63, 3.8) is 0 Å². The minimum atomic E-state index is -0.0599. The number of aryl methyl sites for hydroxylation is 1. The highest BCUT2D eigenvalue weighted by atomic mass is 35.5. The summed E-state index contributed by atoms with van der Waals surface area (Å²) in [4.78, 5) is 0. The van der Waals surface area contributed by atoms with Gasteiger partial charge in [0.15, 0.2) is 0 Å². The maximum Gasteiger partial charge on any atom is 0.0412 e. The molecule has 0 saturated heterocycles. The molecule has 0 spiro atoms. The van der Waals surface area contributed by atoms with Crippen LogP contribution in [0.4, 0.5) is 0 Å². The Bertz CT molecular complexity index is 295. The van der Waals surface area contributed by atoms with E-state index in [1.54, 1.807) is 0 Å². The summed E-state index contributed by atoms with van der Waals surface area (Å²) in [7, 11) is 0. The Morgan fingerprint density at radius 3 is 2.50 bits per heavy atom. The lowest BCUT2D eigenvalue weighted by molar-refractivity contribution is 0.739. The van der Waals surface area contributed by atoms with Crippen molar-refractivity contribution in [2.75, 3.05) is 0 Å². The van der Waals surface area contributed by atoms with E-state index in [1.165, 1.54) is 11.1 Å². The molecule has 0 atom stereocenters. The van der Waals surface area contributed by atoms with Gasteiger partial charge >= 0.3 is 0 Å². The van der Waals surface area contributed by atoms with Crippen LogP contribution >= 0.6 is 11.6 Å². The molecular weight excluding hydrogens is 170 g/mol. The Labute approximate surface area is 77.5 Å².